The van der Waals surface area contributed by atoms with Crippen molar-refractivity contribution in [3.63, 3.8) is 0 Å². The van der Waals surface area contributed by atoms with Gasteiger partial charge < -0.3 is 9.47 Å². The van der Waals surface area contributed by atoms with Crippen molar-refractivity contribution >= 4 is 34.9 Å². The minimum atomic E-state index is -0.385. The molecule has 0 unspecified atom stereocenters. The number of nitrogens with zero attached hydrogens (tertiary/aromatic N) is 3. The first-order valence-electron chi connectivity index (χ1n) is 11.6. The lowest BCUT2D eigenvalue weighted by Gasteiger charge is -2.22. The number of rotatable bonds is 4. The molecule has 6 nitrogen and oxygen atoms in total. The van der Waals surface area contributed by atoms with E-state index in [-0.39, 0.29) is 23.6 Å². The van der Waals surface area contributed by atoms with Crippen LogP contribution in [0, 0.1) is 27.7 Å². The minimum Gasteiger partial charge on any atom is -0.341 e. The number of carbonyl (C=O) groups is 3. The van der Waals surface area contributed by atoms with E-state index < -0.39 is 0 Å². The van der Waals surface area contributed by atoms with Crippen molar-refractivity contribution in [1.82, 2.24) is 14.4 Å². The lowest BCUT2D eigenvalue weighted by molar-refractivity contribution is -0.135. The molecule has 2 fully saturated rings. The van der Waals surface area contributed by atoms with Crippen LogP contribution in [0.3, 0.4) is 0 Å². The smallest absolute Gasteiger partial charge is 0.294 e. The Kier molecular flexibility index (Phi) is 6.79. The van der Waals surface area contributed by atoms with Crippen molar-refractivity contribution < 1.29 is 14.4 Å². The zero-order valence-corrected chi connectivity index (χ0v) is 20.6. The largest absolute Gasteiger partial charge is 0.341 e. The monoisotopic (exact) mass is 465 g/mol. The molecule has 33 heavy (non-hydrogen) atoms. The van der Waals surface area contributed by atoms with Crippen molar-refractivity contribution in [2.75, 3.05) is 19.6 Å². The number of aryl methyl sites for hydroxylation is 3. The first kappa shape index (κ1) is 23.4. The Labute approximate surface area is 199 Å². The minimum absolute atomic E-state index is 0.145. The number of carbonyl (C=O) groups excluding carboxylic acids is 3. The second-order valence-corrected chi connectivity index (χ2v) is 10.0. The van der Waals surface area contributed by atoms with Crippen LogP contribution in [0.2, 0.25) is 0 Å². The van der Waals surface area contributed by atoms with E-state index in [0.29, 0.717) is 18.0 Å². The van der Waals surface area contributed by atoms with E-state index in [2.05, 4.69) is 36.6 Å². The molecule has 7 heteroatoms. The van der Waals surface area contributed by atoms with E-state index in [4.69, 9.17) is 0 Å². The number of benzene rings is 1. The number of imide groups is 1. The highest BCUT2D eigenvalue weighted by Crippen LogP contribution is 2.34. The molecule has 0 radical (unpaired) electrons. The van der Waals surface area contributed by atoms with Crippen molar-refractivity contribution in [3.8, 4) is 5.69 Å². The molecule has 2 saturated heterocycles. The average Bonchev–Trinajstić information content (AvgIpc) is 3.06. The zero-order chi connectivity index (χ0) is 23.7. The summed E-state index contributed by atoms with van der Waals surface area (Å²) in [6.07, 6.45) is 5.97. The molecule has 0 N–H and O–H groups in total. The first-order valence-corrected chi connectivity index (χ1v) is 12.4. The second-order valence-electron chi connectivity index (χ2n) is 9.01. The maximum absolute atomic E-state index is 13.0. The molecule has 4 rings (SSSR count). The number of amides is 3. The molecule has 0 spiro atoms. The van der Waals surface area contributed by atoms with Crippen molar-refractivity contribution in [2.45, 2.75) is 53.4 Å². The number of hydrogen-bond acceptors (Lipinski definition) is 4. The number of thioether (sulfide) groups is 1. The average molecular weight is 466 g/mol. The predicted octanol–water partition coefficient (Wildman–Crippen LogP) is 5.15. The molecule has 2 aliphatic rings. The highest BCUT2D eigenvalue weighted by atomic mass is 32.2. The Morgan fingerprint density at radius 3 is 2.36 bits per heavy atom. The van der Waals surface area contributed by atoms with Crippen LogP contribution in [0.4, 0.5) is 4.79 Å². The lowest BCUT2D eigenvalue weighted by atomic mass is 10.1. The van der Waals surface area contributed by atoms with Gasteiger partial charge in [-0.25, -0.2) is 0 Å². The van der Waals surface area contributed by atoms with Gasteiger partial charge in [0.25, 0.3) is 11.1 Å². The highest BCUT2D eigenvalue weighted by Gasteiger charge is 2.37. The Morgan fingerprint density at radius 2 is 1.70 bits per heavy atom. The Balaban J connectivity index is 1.56. The van der Waals surface area contributed by atoms with E-state index in [1.807, 2.05) is 19.9 Å². The maximum Gasteiger partial charge on any atom is 0.294 e. The summed E-state index contributed by atoms with van der Waals surface area (Å²) in [5.41, 5.74) is 6.45. The summed E-state index contributed by atoms with van der Waals surface area (Å²) in [5.74, 6) is -0.530. The normalized spacial score (nSPS) is 18.4. The quantitative estimate of drug-likeness (QED) is 0.586. The maximum atomic E-state index is 13.0. The molecule has 174 valence electrons. The predicted molar refractivity (Wildman–Crippen MR) is 132 cm³/mol. The number of likely N-dealkylation sites (tertiary alicyclic amines) is 1. The molecule has 0 aliphatic carbocycles. The van der Waals surface area contributed by atoms with E-state index >= 15 is 0 Å². The van der Waals surface area contributed by atoms with Crippen LogP contribution in [0.25, 0.3) is 11.8 Å². The van der Waals surface area contributed by atoms with Gasteiger partial charge in [-0.2, -0.15) is 0 Å². The third kappa shape index (κ3) is 4.78. The standard InChI is InChI=1S/C26H31N3O3S/c1-17-9-10-22(18(2)13-17)29-19(3)14-21(20(29)4)15-23-25(31)28(26(32)33-23)16-24(30)27-11-7-5-6-8-12-27/h9-10,13-15H,5-8,11-12,16H2,1-4H3. The molecule has 0 atom stereocenters. The topological polar surface area (TPSA) is 62.6 Å². The molecule has 3 amide bonds. The van der Waals surface area contributed by atoms with Crippen LogP contribution >= 0.6 is 11.8 Å². The van der Waals surface area contributed by atoms with E-state index in [1.165, 1.54) is 11.1 Å². The van der Waals surface area contributed by atoms with Gasteiger partial charge in [-0.15, -0.1) is 0 Å². The Hall–Kier alpha value is -2.80. The van der Waals surface area contributed by atoms with Gasteiger partial charge in [-0.3, -0.25) is 19.3 Å². The van der Waals surface area contributed by atoms with Crippen molar-refractivity contribution in [2.24, 2.45) is 0 Å². The zero-order valence-electron chi connectivity index (χ0n) is 19.8. The third-order valence-electron chi connectivity index (χ3n) is 6.48. The van der Waals surface area contributed by atoms with Crippen molar-refractivity contribution in [1.29, 1.82) is 0 Å². The van der Waals surface area contributed by atoms with Crippen LogP contribution in [0.15, 0.2) is 29.2 Å². The summed E-state index contributed by atoms with van der Waals surface area (Å²) < 4.78 is 2.17. The molecular formula is C26H31N3O3S. The van der Waals surface area contributed by atoms with Gasteiger partial charge >= 0.3 is 0 Å². The SMILES string of the molecule is Cc1ccc(-n2c(C)cc(C=C3SC(=O)N(CC(=O)N4CCCCCC4)C3=O)c2C)c(C)c1. The highest BCUT2D eigenvalue weighted by molar-refractivity contribution is 8.18. The summed E-state index contributed by atoms with van der Waals surface area (Å²) in [4.78, 5) is 41.6. The van der Waals surface area contributed by atoms with E-state index in [0.717, 1.165) is 65.0 Å². The molecule has 3 heterocycles. The number of hydrogen-bond donors (Lipinski definition) is 0. The summed E-state index contributed by atoms with van der Waals surface area (Å²) in [6.45, 7) is 9.45. The van der Waals surface area contributed by atoms with Crippen LogP contribution in [-0.2, 0) is 9.59 Å². The fraction of sp³-hybridized carbons (Fsp3) is 0.423. The van der Waals surface area contributed by atoms with Crippen molar-refractivity contribution in [3.05, 3.63) is 57.2 Å². The van der Waals surface area contributed by atoms with Gasteiger partial charge in [0.05, 0.1) is 4.91 Å². The van der Waals surface area contributed by atoms with Gasteiger partial charge in [0, 0.05) is 30.2 Å². The third-order valence-corrected chi connectivity index (χ3v) is 7.38. The van der Waals surface area contributed by atoms with Gasteiger partial charge in [-0.05, 0) is 81.6 Å². The number of aromatic nitrogens is 1. The van der Waals surface area contributed by atoms with Gasteiger partial charge in [0.1, 0.15) is 6.54 Å². The second kappa shape index (κ2) is 9.59. The Bertz CT molecular complexity index is 1140. The summed E-state index contributed by atoms with van der Waals surface area (Å²) in [6, 6.07) is 8.38. The fourth-order valence-electron chi connectivity index (χ4n) is 4.69. The summed E-state index contributed by atoms with van der Waals surface area (Å²) in [5, 5.41) is -0.377. The van der Waals surface area contributed by atoms with Gasteiger partial charge in [0.15, 0.2) is 0 Å². The lowest BCUT2D eigenvalue weighted by Crippen LogP contribution is -2.42. The molecule has 2 aliphatic heterocycles. The summed E-state index contributed by atoms with van der Waals surface area (Å²) in [7, 11) is 0. The molecular weight excluding hydrogens is 434 g/mol. The summed E-state index contributed by atoms with van der Waals surface area (Å²) >= 11 is 0.913. The Morgan fingerprint density at radius 1 is 1.00 bits per heavy atom. The van der Waals surface area contributed by atoms with Gasteiger partial charge in [0.2, 0.25) is 5.91 Å². The van der Waals surface area contributed by atoms with E-state index in [9.17, 15) is 14.4 Å². The van der Waals surface area contributed by atoms with Gasteiger partial charge in [-0.1, -0.05) is 30.5 Å². The van der Waals surface area contributed by atoms with E-state index in [1.54, 1.807) is 11.0 Å². The molecule has 2 aromatic rings. The van der Waals surface area contributed by atoms with Crippen LogP contribution < -0.4 is 0 Å². The molecule has 0 bridgehead atoms. The van der Waals surface area contributed by atoms with Crippen LogP contribution in [-0.4, -0.2) is 51.1 Å². The fourth-order valence-corrected chi connectivity index (χ4v) is 5.52. The first-order chi connectivity index (χ1) is 15.8. The molecule has 1 aromatic carbocycles. The van der Waals surface area contributed by atoms with Crippen LogP contribution in [0.5, 0.6) is 0 Å². The molecule has 0 saturated carbocycles. The van der Waals surface area contributed by atoms with Crippen LogP contribution in [0.1, 0.15) is 53.8 Å². The molecule has 1 aromatic heterocycles.